The Bertz CT molecular complexity index is 697. The van der Waals surface area contributed by atoms with Gasteiger partial charge in [0.15, 0.2) is 0 Å². The zero-order chi connectivity index (χ0) is 13.7. The van der Waals surface area contributed by atoms with E-state index in [-0.39, 0.29) is 11.5 Å². The number of alkyl halides is 2. The van der Waals surface area contributed by atoms with Gasteiger partial charge < -0.3 is 15.5 Å². The molecule has 1 atom stereocenters. The number of rotatable bonds is 1. The highest BCUT2D eigenvalue weighted by atomic mass is 32.1. The van der Waals surface area contributed by atoms with Crippen LogP contribution in [0.25, 0.3) is 16.0 Å². The molecule has 100 valence electrons. The molecular weight excluding hydrogens is 274 g/mol. The van der Waals surface area contributed by atoms with E-state index in [1.54, 1.807) is 6.92 Å². The van der Waals surface area contributed by atoms with Gasteiger partial charge in [-0.3, -0.25) is 0 Å². The third kappa shape index (κ3) is 1.85. The van der Waals surface area contributed by atoms with Crippen LogP contribution in [0.4, 0.5) is 14.5 Å². The number of nitrogens with one attached hydrogen (secondary N) is 1. The van der Waals surface area contributed by atoms with Gasteiger partial charge in [-0.05, 0) is 18.6 Å². The average Bonchev–Trinajstić information content (AvgIpc) is 2.68. The summed E-state index contributed by atoms with van der Waals surface area (Å²) < 4.78 is 25.4. The predicted molar refractivity (Wildman–Crippen MR) is 69.5 cm³/mol. The highest BCUT2D eigenvalue weighted by Gasteiger charge is 2.25. The number of thiophene rings is 1. The lowest BCUT2D eigenvalue weighted by atomic mass is 10.1. The summed E-state index contributed by atoms with van der Waals surface area (Å²) in [5.74, 6) is -0.0674. The molecule has 2 aromatic heterocycles. The smallest absolute Gasteiger partial charge is 0.280 e. The van der Waals surface area contributed by atoms with E-state index >= 15 is 0 Å². The Kier molecular flexibility index (Phi) is 2.68. The number of halogens is 2. The number of hydrogen-bond donors (Lipinski definition) is 3. The van der Waals surface area contributed by atoms with Crippen LogP contribution in [0, 0.1) is 6.92 Å². The van der Waals surface area contributed by atoms with Crippen LogP contribution in [0.2, 0.25) is 0 Å². The van der Waals surface area contributed by atoms with Crippen molar-refractivity contribution in [3.63, 3.8) is 0 Å². The number of hydrogen-bond acceptors (Lipinski definition) is 5. The standard InChI is InChI=1S/C12H10F2N2O2S/c1-4-2-5(11(13)14)15-12-8(4)9-10(19-12)6(17)3-7(18)16-9/h2-3,7,11,16-18H,1H3. The Morgan fingerprint density at radius 1 is 1.47 bits per heavy atom. The number of aromatic nitrogens is 1. The molecule has 0 saturated carbocycles. The van der Waals surface area contributed by atoms with Crippen LogP contribution in [0.1, 0.15) is 22.6 Å². The summed E-state index contributed by atoms with van der Waals surface area (Å²) in [4.78, 5) is 4.83. The number of nitrogens with zero attached hydrogens (tertiary/aromatic N) is 1. The molecule has 19 heavy (non-hydrogen) atoms. The molecule has 2 aromatic rings. The molecule has 0 fully saturated rings. The maximum atomic E-state index is 12.7. The van der Waals surface area contributed by atoms with Gasteiger partial charge in [0.1, 0.15) is 22.5 Å². The molecule has 4 nitrogen and oxygen atoms in total. The van der Waals surface area contributed by atoms with Gasteiger partial charge in [0.05, 0.1) is 10.6 Å². The van der Waals surface area contributed by atoms with Gasteiger partial charge in [-0.1, -0.05) is 0 Å². The minimum atomic E-state index is -2.63. The highest BCUT2D eigenvalue weighted by molar-refractivity contribution is 7.20. The van der Waals surface area contributed by atoms with Gasteiger partial charge in [0.25, 0.3) is 6.43 Å². The molecule has 0 aromatic carbocycles. The quantitative estimate of drug-likeness (QED) is 0.752. The third-order valence-electron chi connectivity index (χ3n) is 2.94. The summed E-state index contributed by atoms with van der Waals surface area (Å²) in [6.07, 6.45) is -2.38. The van der Waals surface area contributed by atoms with E-state index in [1.165, 1.54) is 12.1 Å². The third-order valence-corrected chi connectivity index (χ3v) is 4.05. The van der Waals surface area contributed by atoms with E-state index in [2.05, 4.69) is 10.3 Å². The molecule has 0 saturated heterocycles. The summed E-state index contributed by atoms with van der Waals surface area (Å²) >= 11 is 1.12. The van der Waals surface area contributed by atoms with Crippen molar-refractivity contribution in [2.75, 3.05) is 5.32 Å². The minimum Gasteiger partial charge on any atom is -0.507 e. The Labute approximate surface area is 111 Å². The molecule has 0 bridgehead atoms. The number of aliphatic hydroxyl groups is 2. The van der Waals surface area contributed by atoms with E-state index in [9.17, 15) is 19.0 Å². The maximum absolute atomic E-state index is 12.7. The number of fused-ring (bicyclic) bond motifs is 3. The molecular formula is C12H10F2N2O2S. The normalized spacial score (nSPS) is 18.4. The molecule has 0 radical (unpaired) electrons. The van der Waals surface area contributed by atoms with Gasteiger partial charge in [-0.2, -0.15) is 0 Å². The fraction of sp³-hybridized carbons (Fsp3) is 0.250. The molecule has 0 amide bonds. The van der Waals surface area contributed by atoms with Crippen molar-refractivity contribution >= 4 is 33.0 Å². The monoisotopic (exact) mass is 284 g/mol. The van der Waals surface area contributed by atoms with Crippen LogP contribution in [0.5, 0.6) is 0 Å². The van der Waals surface area contributed by atoms with E-state index < -0.39 is 12.7 Å². The molecule has 3 N–H and O–H groups in total. The first kappa shape index (κ1) is 12.3. The van der Waals surface area contributed by atoms with Gasteiger partial charge in [0, 0.05) is 11.5 Å². The van der Waals surface area contributed by atoms with Crippen molar-refractivity contribution in [3.8, 4) is 0 Å². The minimum absolute atomic E-state index is 0.0674. The molecule has 3 rings (SSSR count). The molecule has 1 aliphatic heterocycles. The molecule has 0 spiro atoms. The Balaban J connectivity index is 2.30. The highest BCUT2D eigenvalue weighted by Crippen LogP contribution is 2.43. The van der Waals surface area contributed by atoms with Crippen molar-refractivity contribution < 1.29 is 19.0 Å². The van der Waals surface area contributed by atoms with E-state index in [4.69, 9.17) is 0 Å². The Morgan fingerprint density at radius 2 is 2.21 bits per heavy atom. The molecule has 0 aliphatic carbocycles. The van der Waals surface area contributed by atoms with Crippen molar-refractivity contribution in [1.29, 1.82) is 0 Å². The number of aliphatic hydroxyl groups excluding tert-OH is 2. The molecule has 1 aliphatic rings. The van der Waals surface area contributed by atoms with Crippen LogP contribution in [-0.4, -0.2) is 21.4 Å². The first-order valence-corrected chi connectivity index (χ1v) is 6.37. The summed E-state index contributed by atoms with van der Waals surface area (Å²) in [6.45, 7) is 1.70. The number of aryl methyl sites for hydroxylation is 1. The second-order valence-corrected chi connectivity index (χ2v) is 5.29. The van der Waals surface area contributed by atoms with Crippen LogP contribution >= 0.6 is 11.3 Å². The van der Waals surface area contributed by atoms with Gasteiger partial charge in [-0.25, -0.2) is 13.8 Å². The lowest BCUT2D eigenvalue weighted by molar-refractivity contribution is 0.146. The summed E-state index contributed by atoms with van der Waals surface area (Å²) in [5.41, 5.74) is 0.887. The zero-order valence-corrected chi connectivity index (χ0v) is 10.6. The van der Waals surface area contributed by atoms with Crippen molar-refractivity contribution in [2.24, 2.45) is 0 Å². The largest absolute Gasteiger partial charge is 0.507 e. The van der Waals surface area contributed by atoms with Crippen LogP contribution in [-0.2, 0) is 0 Å². The topological polar surface area (TPSA) is 65.4 Å². The maximum Gasteiger partial charge on any atom is 0.280 e. The van der Waals surface area contributed by atoms with Crippen LogP contribution in [0.15, 0.2) is 12.1 Å². The summed E-state index contributed by atoms with van der Waals surface area (Å²) in [5, 5.41) is 22.8. The SMILES string of the molecule is Cc1cc(C(F)F)nc2sc3c(c12)NC(O)C=C3O. The molecule has 3 heterocycles. The van der Waals surface area contributed by atoms with Gasteiger partial charge in [0.2, 0.25) is 0 Å². The first-order valence-electron chi connectivity index (χ1n) is 5.55. The fourth-order valence-electron chi connectivity index (χ4n) is 2.15. The zero-order valence-electron chi connectivity index (χ0n) is 9.82. The van der Waals surface area contributed by atoms with E-state index in [1.807, 2.05) is 0 Å². The van der Waals surface area contributed by atoms with E-state index in [0.717, 1.165) is 11.3 Å². The van der Waals surface area contributed by atoms with Crippen molar-refractivity contribution in [3.05, 3.63) is 28.3 Å². The van der Waals surface area contributed by atoms with Gasteiger partial charge >= 0.3 is 0 Å². The first-order chi connectivity index (χ1) is 8.97. The number of pyridine rings is 1. The van der Waals surface area contributed by atoms with E-state index in [0.29, 0.717) is 26.3 Å². The number of anilines is 1. The Morgan fingerprint density at radius 3 is 2.89 bits per heavy atom. The lowest BCUT2D eigenvalue weighted by Crippen LogP contribution is -2.19. The average molecular weight is 284 g/mol. The second-order valence-electron chi connectivity index (χ2n) is 4.29. The Hall–Kier alpha value is -1.73. The van der Waals surface area contributed by atoms with Gasteiger partial charge in [-0.15, -0.1) is 11.3 Å². The lowest BCUT2D eigenvalue weighted by Gasteiger charge is -2.17. The molecule has 7 heteroatoms. The van der Waals surface area contributed by atoms with Crippen LogP contribution < -0.4 is 5.32 Å². The van der Waals surface area contributed by atoms with Crippen LogP contribution in [0.3, 0.4) is 0 Å². The molecule has 1 unspecified atom stereocenters. The van der Waals surface area contributed by atoms with Crippen molar-refractivity contribution in [2.45, 2.75) is 19.6 Å². The summed E-state index contributed by atoms with van der Waals surface area (Å²) in [6, 6.07) is 1.32. The summed E-state index contributed by atoms with van der Waals surface area (Å²) in [7, 11) is 0. The fourth-order valence-corrected chi connectivity index (χ4v) is 3.30. The van der Waals surface area contributed by atoms with Crippen molar-refractivity contribution in [1.82, 2.24) is 4.98 Å². The second kappa shape index (κ2) is 4.14. The predicted octanol–water partition coefficient (Wildman–Crippen LogP) is 3.19.